The van der Waals surface area contributed by atoms with Gasteiger partial charge in [0.05, 0.1) is 22.1 Å². The van der Waals surface area contributed by atoms with E-state index in [-0.39, 0.29) is 0 Å². The molecule has 58 heavy (non-hydrogen) atoms. The van der Waals surface area contributed by atoms with Gasteiger partial charge in [-0.1, -0.05) is 133 Å². The molecule has 0 N–H and O–H groups in total. The molecular formula is C54H32N2S2. The van der Waals surface area contributed by atoms with Gasteiger partial charge in [0.15, 0.2) is 0 Å². The van der Waals surface area contributed by atoms with Crippen LogP contribution in [0.1, 0.15) is 0 Å². The summed E-state index contributed by atoms with van der Waals surface area (Å²) in [6, 6.07) is 71.9. The van der Waals surface area contributed by atoms with Crippen LogP contribution < -0.4 is 0 Å². The lowest BCUT2D eigenvalue weighted by molar-refractivity contribution is 1.17. The number of nitrogens with zero attached hydrogens (tertiary/aromatic N) is 2. The van der Waals surface area contributed by atoms with Crippen molar-refractivity contribution in [2.75, 3.05) is 0 Å². The molecular weight excluding hydrogens is 741 g/mol. The Morgan fingerprint density at radius 1 is 0.276 bits per heavy atom. The van der Waals surface area contributed by atoms with E-state index in [2.05, 4.69) is 203 Å². The quantitative estimate of drug-likeness (QED) is 0.169. The van der Waals surface area contributed by atoms with Crippen LogP contribution in [0.2, 0.25) is 0 Å². The second-order valence-corrected chi connectivity index (χ2v) is 17.4. The molecule has 0 spiro atoms. The van der Waals surface area contributed by atoms with E-state index in [1.165, 1.54) is 106 Å². The van der Waals surface area contributed by atoms with Crippen molar-refractivity contribution in [3.05, 3.63) is 194 Å². The zero-order valence-electron chi connectivity index (χ0n) is 31.2. The molecule has 0 atom stereocenters. The molecule has 0 fully saturated rings. The van der Waals surface area contributed by atoms with Crippen LogP contribution in [-0.4, -0.2) is 9.13 Å². The zero-order chi connectivity index (χ0) is 37.9. The van der Waals surface area contributed by atoms with Crippen LogP contribution in [0.15, 0.2) is 194 Å². The van der Waals surface area contributed by atoms with Gasteiger partial charge >= 0.3 is 0 Å². The highest BCUT2D eigenvalue weighted by Crippen LogP contribution is 2.44. The molecule has 0 aliphatic carbocycles. The third kappa shape index (κ3) is 4.58. The number of rotatable bonds is 4. The maximum atomic E-state index is 2.47. The Balaban J connectivity index is 1.03. The van der Waals surface area contributed by atoms with Gasteiger partial charge in [-0.15, -0.1) is 22.7 Å². The van der Waals surface area contributed by atoms with Crippen LogP contribution in [-0.2, 0) is 0 Å². The smallest absolute Gasteiger partial charge is 0.0548 e. The van der Waals surface area contributed by atoms with Crippen molar-refractivity contribution in [3.8, 4) is 33.6 Å². The standard InChI is InChI=1S/C54H32N2S2/c1-5-25-47-39(17-1)45-31-50-46(32-49(45)55(47)35-15-9-13-33(29-35)37-21-11-23-43-41-19-3-7-27-51(41)57-53(37)43)40-18-2-6-26-48(40)56(50)36-16-10-14-34(30-36)38-22-12-24-44-42-20-4-8-28-52(42)58-54(38)44/h1-32H. The van der Waals surface area contributed by atoms with Crippen LogP contribution >= 0.6 is 22.7 Å². The summed E-state index contributed by atoms with van der Waals surface area (Å²) in [5, 5.41) is 10.3. The molecule has 0 aliphatic heterocycles. The first-order valence-electron chi connectivity index (χ1n) is 19.8. The number of para-hydroxylation sites is 2. The molecule has 2 nitrogen and oxygen atoms in total. The molecule has 0 saturated heterocycles. The van der Waals surface area contributed by atoms with Crippen molar-refractivity contribution < 1.29 is 0 Å². The van der Waals surface area contributed by atoms with Gasteiger partial charge in [0, 0.05) is 73.3 Å². The number of benzene rings is 9. The Bertz CT molecular complexity index is 3560. The molecule has 270 valence electrons. The Hall–Kier alpha value is -6.98. The fraction of sp³-hybridized carbons (Fsp3) is 0. The first-order chi connectivity index (χ1) is 28.8. The fourth-order valence-electron chi connectivity index (χ4n) is 9.56. The third-order valence-electron chi connectivity index (χ3n) is 12.1. The van der Waals surface area contributed by atoms with E-state index in [0.717, 1.165) is 11.4 Å². The zero-order valence-corrected chi connectivity index (χ0v) is 32.8. The summed E-state index contributed by atoms with van der Waals surface area (Å²) in [4.78, 5) is 0. The fourth-order valence-corrected chi connectivity index (χ4v) is 12.0. The predicted molar refractivity (Wildman–Crippen MR) is 252 cm³/mol. The van der Waals surface area contributed by atoms with Crippen molar-refractivity contribution in [3.63, 3.8) is 0 Å². The Morgan fingerprint density at radius 3 is 1.16 bits per heavy atom. The molecule has 0 unspecified atom stereocenters. The van der Waals surface area contributed by atoms with Crippen LogP contribution in [0.5, 0.6) is 0 Å². The van der Waals surface area contributed by atoms with Gasteiger partial charge in [-0.25, -0.2) is 0 Å². The Kier molecular flexibility index (Phi) is 6.79. The summed E-state index contributed by atoms with van der Waals surface area (Å²) >= 11 is 3.77. The first kappa shape index (κ1) is 32.1. The molecule has 0 saturated carbocycles. The molecule has 4 heteroatoms. The van der Waals surface area contributed by atoms with E-state index in [0.29, 0.717) is 0 Å². The number of thiophene rings is 2. The highest BCUT2D eigenvalue weighted by molar-refractivity contribution is 7.26. The predicted octanol–water partition coefficient (Wildman–Crippen LogP) is 16.0. The molecule has 4 heterocycles. The van der Waals surface area contributed by atoms with Gasteiger partial charge in [-0.2, -0.15) is 0 Å². The Morgan fingerprint density at radius 2 is 0.672 bits per heavy atom. The monoisotopic (exact) mass is 772 g/mol. The molecule has 9 aromatic carbocycles. The van der Waals surface area contributed by atoms with Crippen LogP contribution in [0.4, 0.5) is 0 Å². The van der Waals surface area contributed by atoms with E-state index in [4.69, 9.17) is 0 Å². The SMILES string of the molecule is c1cc(-c2cccc3c2sc2ccccc23)cc(-n2c3ccccc3c3cc4c(cc32)c2ccccc2n4-c2cccc(-c3cccc4c3sc3ccccc34)c2)c1. The van der Waals surface area contributed by atoms with E-state index >= 15 is 0 Å². The highest BCUT2D eigenvalue weighted by atomic mass is 32.1. The van der Waals surface area contributed by atoms with Gasteiger partial charge in [-0.3, -0.25) is 0 Å². The molecule has 13 rings (SSSR count). The van der Waals surface area contributed by atoms with Crippen LogP contribution in [0, 0.1) is 0 Å². The second-order valence-electron chi connectivity index (χ2n) is 15.3. The molecule has 0 aliphatic rings. The molecule has 0 bridgehead atoms. The minimum atomic E-state index is 1.16. The van der Waals surface area contributed by atoms with Gasteiger partial charge in [0.1, 0.15) is 0 Å². The maximum absolute atomic E-state index is 2.47. The molecule has 4 aromatic heterocycles. The number of hydrogen-bond donors (Lipinski definition) is 0. The summed E-state index contributed by atoms with van der Waals surface area (Å²) in [5.41, 5.74) is 12.1. The van der Waals surface area contributed by atoms with Crippen LogP contribution in [0.25, 0.3) is 118 Å². The van der Waals surface area contributed by atoms with Gasteiger partial charge < -0.3 is 9.13 Å². The average Bonchev–Trinajstić information content (AvgIpc) is 4.03. The third-order valence-corrected chi connectivity index (χ3v) is 14.5. The van der Waals surface area contributed by atoms with Crippen molar-refractivity contribution in [2.24, 2.45) is 0 Å². The number of fused-ring (bicyclic) bond motifs is 12. The van der Waals surface area contributed by atoms with Crippen molar-refractivity contribution in [2.45, 2.75) is 0 Å². The highest BCUT2D eigenvalue weighted by Gasteiger charge is 2.20. The number of aromatic nitrogens is 2. The van der Waals surface area contributed by atoms with Crippen LogP contribution in [0.3, 0.4) is 0 Å². The van der Waals surface area contributed by atoms with Crippen molar-refractivity contribution in [1.82, 2.24) is 9.13 Å². The summed E-state index contributed by atoms with van der Waals surface area (Å²) in [7, 11) is 0. The lowest BCUT2D eigenvalue weighted by atomic mass is 10.0. The average molecular weight is 773 g/mol. The topological polar surface area (TPSA) is 9.86 Å². The first-order valence-corrected chi connectivity index (χ1v) is 21.4. The minimum Gasteiger partial charge on any atom is -0.309 e. The summed E-state index contributed by atoms with van der Waals surface area (Å²) in [6.45, 7) is 0. The number of hydrogen-bond acceptors (Lipinski definition) is 2. The van der Waals surface area contributed by atoms with E-state index in [9.17, 15) is 0 Å². The van der Waals surface area contributed by atoms with E-state index in [1.54, 1.807) is 0 Å². The van der Waals surface area contributed by atoms with Crippen molar-refractivity contribution in [1.29, 1.82) is 0 Å². The summed E-state index contributed by atoms with van der Waals surface area (Å²) in [6.07, 6.45) is 0. The largest absolute Gasteiger partial charge is 0.309 e. The maximum Gasteiger partial charge on any atom is 0.0548 e. The molecule has 0 radical (unpaired) electrons. The normalized spacial score (nSPS) is 12.1. The van der Waals surface area contributed by atoms with Gasteiger partial charge in [0.25, 0.3) is 0 Å². The molecule has 0 amide bonds. The van der Waals surface area contributed by atoms with Crippen molar-refractivity contribution >= 4 is 107 Å². The lowest BCUT2D eigenvalue weighted by Crippen LogP contribution is -1.95. The van der Waals surface area contributed by atoms with Gasteiger partial charge in [-0.05, 0) is 82.9 Å². The summed E-state index contributed by atoms with van der Waals surface area (Å²) < 4.78 is 10.3. The van der Waals surface area contributed by atoms with E-state index in [1.807, 2.05) is 22.7 Å². The molecule has 13 aromatic rings. The Labute approximate surface area is 341 Å². The second kappa shape index (κ2) is 12.3. The van der Waals surface area contributed by atoms with E-state index < -0.39 is 0 Å². The van der Waals surface area contributed by atoms with Gasteiger partial charge in [0.2, 0.25) is 0 Å². The lowest BCUT2D eigenvalue weighted by Gasteiger charge is -2.12. The minimum absolute atomic E-state index is 1.16. The summed E-state index contributed by atoms with van der Waals surface area (Å²) in [5.74, 6) is 0.